The highest BCUT2D eigenvalue weighted by atomic mass is 32.2. The van der Waals surface area contributed by atoms with Crippen LogP contribution in [0, 0.1) is 12.3 Å². The van der Waals surface area contributed by atoms with E-state index in [9.17, 15) is 13.2 Å². The van der Waals surface area contributed by atoms with Gasteiger partial charge in [0.15, 0.2) is 9.84 Å². The molecule has 2 fully saturated rings. The standard InChI is InChI=1S/C18H26N2O3S/c1-3-15-11-16(6-5-14(15)2)19-17(21)20-9-4-7-18(12-20)8-10-24(22,23)13-18/h5-6,11H,3-4,7-10,12-13H2,1-2H3,(H,19,21). The van der Waals surface area contributed by atoms with Crippen molar-refractivity contribution in [2.45, 2.75) is 39.5 Å². The summed E-state index contributed by atoms with van der Waals surface area (Å²) in [5.41, 5.74) is 3.03. The summed E-state index contributed by atoms with van der Waals surface area (Å²) in [6.45, 7) is 5.41. The maximum Gasteiger partial charge on any atom is 0.321 e. The number of nitrogens with zero attached hydrogens (tertiary/aromatic N) is 1. The van der Waals surface area contributed by atoms with Crippen molar-refractivity contribution >= 4 is 21.6 Å². The molecule has 132 valence electrons. The van der Waals surface area contributed by atoms with E-state index in [1.54, 1.807) is 4.90 Å². The van der Waals surface area contributed by atoms with Crippen molar-refractivity contribution in [2.24, 2.45) is 5.41 Å². The van der Waals surface area contributed by atoms with Crippen LogP contribution in [0.4, 0.5) is 10.5 Å². The Morgan fingerprint density at radius 2 is 2.12 bits per heavy atom. The lowest BCUT2D eigenvalue weighted by Crippen LogP contribution is -2.48. The van der Waals surface area contributed by atoms with Gasteiger partial charge in [0.05, 0.1) is 11.5 Å². The smallest absolute Gasteiger partial charge is 0.321 e. The number of anilines is 1. The molecule has 2 saturated heterocycles. The minimum atomic E-state index is -2.93. The van der Waals surface area contributed by atoms with Crippen molar-refractivity contribution in [3.05, 3.63) is 29.3 Å². The molecule has 2 aliphatic rings. The van der Waals surface area contributed by atoms with E-state index in [1.807, 2.05) is 18.2 Å². The molecule has 0 bridgehead atoms. The van der Waals surface area contributed by atoms with Gasteiger partial charge in [-0.2, -0.15) is 0 Å². The quantitative estimate of drug-likeness (QED) is 0.892. The second kappa shape index (κ2) is 6.39. The Hall–Kier alpha value is -1.56. The summed E-state index contributed by atoms with van der Waals surface area (Å²) in [7, 11) is -2.93. The molecular formula is C18H26N2O3S. The van der Waals surface area contributed by atoms with Gasteiger partial charge in [-0.25, -0.2) is 13.2 Å². The molecule has 0 radical (unpaired) electrons. The van der Waals surface area contributed by atoms with Crippen LogP contribution in [0.1, 0.15) is 37.3 Å². The number of hydrogen-bond acceptors (Lipinski definition) is 3. The van der Waals surface area contributed by atoms with E-state index in [2.05, 4.69) is 19.2 Å². The number of piperidine rings is 1. The van der Waals surface area contributed by atoms with Crippen molar-refractivity contribution in [2.75, 3.05) is 29.9 Å². The number of likely N-dealkylation sites (tertiary alicyclic amines) is 1. The maximum atomic E-state index is 12.6. The highest BCUT2D eigenvalue weighted by Crippen LogP contribution is 2.40. The van der Waals surface area contributed by atoms with E-state index < -0.39 is 9.84 Å². The zero-order valence-corrected chi connectivity index (χ0v) is 15.3. The summed E-state index contributed by atoms with van der Waals surface area (Å²) in [6.07, 6.45) is 3.39. The van der Waals surface area contributed by atoms with Crippen LogP contribution in [0.25, 0.3) is 0 Å². The summed E-state index contributed by atoms with van der Waals surface area (Å²) in [6, 6.07) is 5.85. The van der Waals surface area contributed by atoms with Gasteiger partial charge in [0, 0.05) is 24.2 Å². The molecule has 5 nitrogen and oxygen atoms in total. The van der Waals surface area contributed by atoms with Crippen LogP contribution in [0.2, 0.25) is 0 Å². The fourth-order valence-electron chi connectivity index (χ4n) is 4.02. The Morgan fingerprint density at radius 1 is 1.33 bits per heavy atom. The maximum absolute atomic E-state index is 12.6. The molecule has 6 heteroatoms. The van der Waals surface area contributed by atoms with Gasteiger partial charge in [-0.3, -0.25) is 0 Å². The first kappa shape index (κ1) is 17.3. The number of carbonyl (C=O) groups excluding carboxylic acids is 1. The lowest BCUT2D eigenvalue weighted by molar-refractivity contribution is 0.130. The summed E-state index contributed by atoms with van der Waals surface area (Å²) in [4.78, 5) is 14.4. The molecule has 0 saturated carbocycles. The number of nitrogens with one attached hydrogen (secondary N) is 1. The summed E-state index contributed by atoms with van der Waals surface area (Å²) in [5.74, 6) is 0.495. The number of hydrogen-bond donors (Lipinski definition) is 1. The molecule has 0 aliphatic carbocycles. The van der Waals surface area contributed by atoms with Crippen LogP contribution in [0.3, 0.4) is 0 Å². The summed E-state index contributed by atoms with van der Waals surface area (Å²) >= 11 is 0. The van der Waals surface area contributed by atoms with Crippen LogP contribution in [-0.2, 0) is 16.3 Å². The van der Waals surface area contributed by atoms with Gasteiger partial charge in [-0.05, 0) is 55.9 Å². The van der Waals surface area contributed by atoms with Crippen molar-refractivity contribution in [3.8, 4) is 0 Å². The molecule has 24 heavy (non-hydrogen) atoms. The second-order valence-electron chi connectivity index (χ2n) is 7.29. The van der Waals surface area contributed by atoms with E-state index >= 15 is 0 Å². The zero-order valence-electron chi connectivity index (χ0n) is 14.5. The monoisotopic (exact) mass is 350 g/mol. The average molecular weight is 350 g/mol. The lowest BCUT2D eigenvalue weighted by Gasteiger charge is -2.39. The number of carbonyl (C=O) groups is 1. The molecule has 1 aromatic rings. The van der Waals surface area contributed by atoms with Crippen LogP contribution in [0.15, 0.2) is 18.2 Å². The third-order valence-corrected chi connectivity index (χ3v) is 7.28. The molecule has 1 atom stereocenters. The molecule has 1 unspecified atom stereocenters. The molecule has 2 aliphatic heterocycles. The van der Waals surface area contributed by atoms with Crippen LogP contribution in [-0.4, -0.2) is 43.9 Å². The zero-order chi connectivity index (χ0) is 17.4. The SMILES string of the molecule is CCc1cc(NC(=O)N2CCCC3(CCS(=O)(=O)C3)C2)ccc1C. The number of urea groups is 1. The number of rotatable bonds is 2. The molecule has 2 heterocycles. The number of aryl methyl sites for hydroxylation is 2. The second-order valence-corrected chi connectivity index (χ2v) is 9.48. The fourth-order valence-corrected chi connectivity index (χ4v) is 6.22. The molecule has 2 amide bonds. The van der Waals surface area contributed by atoms with Gasteiger partial charge in [0.1, 0.15) is 0 Å². The third kappa shape index (κ3) is 3.58. The van der Waals surface area contributed by atoms with Crippen molar-refractivity contribution in [1.82, 2.24) is 4.90 Å². The topological polar surface area (TPSA) is 66.5 Å². The van der Waals surface area contributed by atoms with E-state index in [0.29, 0.717) is 19.5 Å². The molecule has 1 spiro atoms. The van der Waals surface area contributed by atoms with E-state index in [-0.39, 0.29) is 23.0 Å². The Bertz CT molecular complexity index is 745. The third-order valence-electron chi connectivity index (χ3n) is 5.40. The lowest BCUT2D eigenvalue weighted by atomic mass is 9.80. The number of amides is 2. The summed E-state index contributed by atoms with van der Waals surface area (Å²) in [5, 5.41) is 2.98. The van der Waals surface area contributed by atoms with Crippen molar-refractivity contribution < 1.29 is 13.2 Å². The first-order chi connectivity index (χ1) is 11.3. The van der Waals surface area contributed by atoms with E-state index in [0.717, 1.165) is 24.9 Å². The molecule has 1 N–H and O–H groups in total. The predicted octanol–water partition coefficient (Wildman–Crippen LogP) is 2.99. The van der Waals surface area contributed by atoms with Gasteiger partial charge >= 0.3 is 6.03 Å². The van der Waals surface area contributed by atoms with Crippen molar-refractivity contribution in [1.29, 1.82) is 0 Å². The molecule has 0 aromatic heterocycles. The fraction of sp³-hybridized carbons (Fsp3) is 0.611. The van der Waals surface area contributed by atoms with Gasteiger partial charge < -0.3 is 10.2 Å². The minimum Gasteiger partial charge on any atom is -0.324 e. The molecule has 1 aromatic carbocycles. The van der Waals surface area contributed by atoms with Gasteiger partial charge in [0.25, 0.3) is 0 Å². The minimum absolute atomic E-state index is 0.121. The summed E-state index contributed by atoms with van der Waals surface area (Å²) < 4.78 is 23.7. The Kier molecular flexibility index (Phi) is 4.60. The van der Waals surface area contributed by atoms with Crippen molar-refractivity contribution in [3.63, 3.8) is 0 Å². The normalized spacial score (nSPS) is 25.8. The Labute approximate surface area is 144 Å². The number of sulfone groups is 1. The highest BCUT2D eigenvalue weighted by molar-refractivity contribution is 7.91. The Morgan fingerprint density at radius 3 is 2.79 bits per heavy atom. The van der Waals surface area contributed by atoms with Crippen LogP contribution in [0.5, 0.6) is 0 Å². The van der Waals surface area contributed by atoms with E-state index in [1.165, 1.54) is 11.1 Å². The van der Waals surface area contributed by atoms with Gasteiger partial charge in [0.2, 0.25) is 0 Å². The first-order valence-electron chi connectivity index (χ1n) is 8.68. The highest BCUT2D eigenvalue weighted by Gasteiger charge is 2.45. The predicted molar refractivity (Wildman–Crippen MR) is 96.1 cm³/mol. The van der Waals surface area contributed by atoms with Gasteiger partial charge in [-0.15, -0.1) is 0 Å². The average Bonchev–Trinajstić information content (AvgIpc) is 2.83. The van der Waals surface area contributed by atoms with E-state index in [4.69, 9.17) is 0 Å². The van der Waals surface area contributed by atoms with Crippen LogP contribution >= 0.6 is 0 Å². The molecule has 3 rings (SSSR count). The van der Waals surface area contributed by atoms with Gasteiger partial charge in [-0.1, -0.05) is 13.0 Å². The molecular weight excluding hydrogens is 324 g/mol. The van der Waals surface area contributed by atoms with Crippen LogP contribution < -0.4 is 5.32 Å². The largest absolute Gasteiger partial charge is 0.324 e. The number of benzene rings is 1. The Balaban J connectivity index is 1.69. The first-order valence-corrected chi connectivity index (χ1v) is 10.5.